The fraction of sp³-hybridized carbons (Fsp3) is 0.667. The van der Waals surface area contributed by atoms with Crippen molar-refractivity contribution in [3.8, 4) is 0 Å². The third kappa shape index (κ3) is 1.79. The lowest BCUT2D eigenvalue weighted by Crippen LogP contribution is -2.40. The first-order valence-electron chi connectivity index (χ1n) is 4.30. The average Bonchev–Trinajstić information content (AvgIpc) is 2.53. The van der Waals surface area contributed by atoms with Gasteiger partial charge in [-0.3, -0.25) is 4.68 Å². The molecule has 0 aromatic carbocycles. The lowest BCUT2D eigenvalue weighted by molar-refractivity contribution is -0.215. The largest absolute Gasteiger partial charge is 0.378 e. The van der Waals surface area contributed by atoms with Gasteiger partial charge in [0.1, 0.15) is 0 Å². The maximum Gasteiger partial charge on any atom is 0.191 e. The van der Waals surface area contributed by atoms with E-state index in [1.807, 2.05) is 0 Å². The molecule has 14 heavy (non-hydrogen) atoms. The smallest absolute Gasteiger partial charge is 0.191 e. The van der Waals surface area contributed by atoms with E-state index in [1.165, 1.54) is 14.2 Å². The second-order valence-corrected chi connectivity index (χ2v) is 3.29. The molecule has 0 saturated carbocycles. The minimum absolute atomic E-state index is 0.645. The molecule has 5 heteroatoms. The topological polar surface area (TPSA) is 56.5 Å². The van der Waals surface area contributed by atoms with Crippen LogP contribution in [-0.2, 0) is 22.1 Å². The van der Waals surface area contributed by atoms with Crippen molar-refractivity contribution in [3.63, 3.8) is 0 Å². The summed E-state index contributed by atoms with van der Waals surface area (Å²) in [5.41, 5.74) is -0.569. The summed E-state index contributed by atoms with van der Waals surface area (Å²) in [6.07, 6.45) is 0.907. The van der Waals surface area contributed by atoms with Crippen molar-refractivity contribution in [2.24, 2.45) is 7.05 Å². The standard InChI is InChI=1S/C9H16N2O3/c1-9(12,8(13-3)14-4)7-5-6-10-11(7)2/h5-6,8,12H,1-4H3. The molecule has 0 bridgehead atoms. The Bertz CT molecular complexity index is 292. The van der Waals surface area contributed by atoms with Crippen LogP contribution in [0, 0.1) is 0 Å². The van der Waals surface area contributed by atoms with Crippen molar-refractivity contribution in [3.05, 3.63) is 18.0 Å². The number of hydrogen-bond acceptors (Lipinski definition) is 4. The van der Waals surface area contributed by atoms with Gasteiger partial charge < -0.3 is 14.6 Å². The van der Waals surface area contributed by atoms with Gasteiger partial charge in [0.05, 0.1) is 5.69 Å². The van der Waals surface area contributed by atoms with Crippen LogP contribution in [0.4, 0.5) is 0 Å². The summed E-state index contributed by atoms with van der Waals surface area (Å²) >= 11 is 0. The molecule has 0 spiro atoms. The minimum Gasteiger partial charge on any atom is -0.378 e. The van der Waals surface area contributed by atoms with E-state index in [1.54, 1.807) is 30.9 Å². The van der Waals surface area contributed by atoms with Crippen LogP contribution in [0.3, 0.4) is 0 Å². The fourth-order valence-corrected chi connectivity index (χ4v) is 1.55. The van der Waals surface area contributed by atoms with Crippen LogP contribution in [0.5, 0.6) is 0 Å². The number of aliphatic hydroxyl groups is 1. The van der Waals surface area contributed by atoms with Gasteiger partial charge in [0.2, 0.25) is 0 Å². The van der Waals surface area contributed by atoms with E-state index in [0.29, 0.717) is 5.69 Å². The molecule has 1 rings (SSSR count). The Labute approximate surface area is 83.2 Å². The molecule has 1 atom stereocenters. The van der Waals surface area contributed by atoms with Gasteiger partial charge in [-0.15, -0.1) is 0 Å². The predicted octanol–water partition coefficient (Wildman–Crippen LogP) is 0.246. The molecule has 0 saturated heterocycles. The zero-order valence-corrected chi connectivity index (χ0v) is 8.89. The first-order chi connectivity index (χ1) is 6.54. The fourth-order valence-electron chi connectivity index (χ4n) is 1.55. The maximum atomic E-state index is 10.2. The van der Waals surface area contributed by atoms with Crippen LogP contribution in [0.15, 0.2) is 12.3 Å². The predicted molar refractivity (Wildman–Crippen MR) is 50.6 cm³/mol. The third-order valence-electron chi connectivity index (χ3n) is 2.23. The van der Waals surface area contributed by atoms with Gasteiger partial charge in [0, 0.05) is 27.5 Å². The molecule has 0 aliphatic heterocycles. The molecule has 5 nitrogen and oxygen atoms in total. The van der Waals surface area contributed by atoms with Gasteiger partial charge in [-0.2, -0.15) is 5.10 Å². The minimum atomic E-state index is -1.21. The van der Waals surface area contributed by atoms with Crippen molar-refractivity contribution in [1.82, 2.24) is 9.78 Å². The number of methoxy groups -OCH3 is 2. The summed E-state index contributed by atoms with van der Waals surface area (Å²) in [4.78, 5) is 0. The molecule has 0 radical (unpaired) electrons. The van der Waals surface area contributed by atoms with Gasteiger partial charge in [0.25, 0.3) is 0 Å². The molecule has 1 heterocycles. The molecule has 0 aliphatic rings. The summed E-state index contributed by atoms with van der Waals surface area (Å²) in [6, 6.07) is 1.73. The number of hydrogen-bond donors (Lipinski definition) is 1. The number of aryl methyl sites for hydroxylation is 1. The van der Waals surface area contributed by atoms with E-state index in [2.05, 4.69) is 5.10 Å². The Hall–Kier alpha value is -0.910. The monoisotopic (exact) mass is 200 g/mol. The lowest BCUT2D eigenvalue weighted by Gasteiger charge is -2.30. The van der Waals surface area contributed by atoms with E-state index >= 15 is 0 Å². The van der Waals surface area contributed by atoms with Crippen molar-refractivity contribution >= 4 is 0 Å². The highest BCUT2D eigenvalue weighted by Crippen LogP contribution is 2.25. The van der Waals surface area contributed by atoms with Gasteiger partial charge in [0.15, 0.2) is 11.9 Å². The van der Waals surface area contributed by atoms with Crippen LogP contribution >= 0.6 is 0 Å². The van der Waals surface area contributed by atoms with Gasteiger partial charge in [-0.25, -0.2) is 0 Å². The molecule has 1 aromatic heterocycles. The molecule has 80 valence electrons. The summed E-state index contributed by atoms with van der Waals surface area (Å²) in [5.74, 6) is 0. The molecule has 0 amide bonds. The van der Waals surface area contributed by atoms with Crippen molar-refractivity contribution < 1.29 is 14.6 Å². The Morgan fingerprint density at radius 1 is 1.50 bits per heavy atom. The second-order valence-electron chi connectivity index (χ2n) is 3.29. The molecule has 1 N–H and O–H groups in total. The van der Waals surface area contributed by atoms with Crippen LogP contribution < -0.4 is 0 Å². The van der Waals surface area contributed by atoms with E-state index in [0.717, 1.165) is 0 Å². The number of aromatic nitrogens is 2. The first-order valence-corrected chi connectivity index (χ1v) is 4.30. The van der Waals surface area contributed by atoms with Crippen molar-refractivity contribution in [2.75, 3.05) is 14.2 Å². The van der Waals surface area contributed by atoms with Crippen molar-refractivity contribution in [1.29, 1.82) is 0 Å². The Kier molecular flexibility index (Phi) is 3.25. The Morgan fingerprint density at radius 3 is 2.43 bits per heavy atom. The normalized spacial score (nSPS) is 15.9. The summed E-state index contributed by atoms with van der Waals surface area (Å²) in [7, 11) is 4.73. The first kappa shape index (κ1) is 11.2. The van der Waals surface area contributed by atoms with E-state index < -0.39 is 11.9 Å². The van der Waals surface area contributed by atoms with Crippen molar-refractivity contribution in [2.45, 2.75) is 18.8 Å². The Morgan fingerprint density at radius 2 is 2.07 bits per heavy atom. The maximum absolute atomic E-state index is 10.2. The zero-order valence-electron chi connectivity index (χ0n) is 8.89. The molecular weight excluding hydrogens is 184 g/mol. The van der Waals surface area contributed by atoms with Gasteiger partial charge >= 0.3 is 0 Å². The van der Waals surface area contributed by atoms with E-state index in [9.17, 15) is 5.11 Å². The molecule has 0 aliphatic carbocycles. The van der Waals surface area contributed by atoms with Crippen LogP contribution in [0.1, 0.15) is 12.6 Å². The quantitative estimate of drug-likeness (QED) is 0.708. The van der Waals surface area contributed by atoms with Crippen LogP contribution in [0.25, 0.3) is 0 Å². The SMILES string of the molecule is COC(OC)C(C)(O)c1ccnn1C. The van der Waals surface area contributed by atoms with Crippen LogP contribution in [-0.4, -0.2) is 35.4 Å². The number of nitrogens with zero attached hydrogens (tertiary/aromatic N) is 2. The van der Waals surface area contributed by atoms with E-state index in [-0.39, 0.29) is 0 Å². The third-order valence-corrected chi connectivity index (χ3v) is 2.23. The second kappa shape index (κ2) is 4.08. The lowest BCUT2D eigenvalue weighted by atomic mass is 10.0. The highest BCUT2D eigenvalue weighted by Gasteiger charge is 2.36. The number of ether oxygens (including phenoxy) is 2. The zero-order chi connectivity index (χ0) is 10.8. The summed E-state index contributed by atoms with van der Waals surface area (Å²) < 4.78 is 11.6. The van der Waals surface area contributed by atoms with Gasteiger partial charge in [-0.1, -0.05) is 0 Å². The Balaban J connectivity index is 3.00. The number of rotatable bonds is 4. The molecule has 1 unspecified atom stereocenters. The summed E-state index contributed by atoms with van der Waals surface area (Å²) in [5, 5.41) is 14.2. The highest BCUT2D eigenvalue weighted by molar-refractivity contribution is 5.11. The molecule has 1 aromatic rings. The molecule has 0 fully saturated rings. The van der Waals surface area contributed by atoms with E-state index in [4.69, 9.17) is 9.47 Å². The average molecular weight is 200 g/mol. The van der Waals surface area contributed by atoms with Gasteiger partial charge in [-0.05, 0) is 13.0 Å². The summed E-state index contributed by atoms with van der Waals surface area (Å²) in [6.45, 7) is 1.63. The molecular formula is C9H16N2O3. The van der Waals surface area contributed by atoms with Crippen LogP contribution in [0.2, 0.25) is 0 Å². The highest BCUT2D eigenvalue weighted by atomic mass is 16.7.